The fourth-order valence-electron chi connectivity index (χ4n) is 3.38. The van der Waals surface area contributed by atoms with Gasteiger partial charge in [0.25, 0.3) is 10.0 Å². The lowest BCUT2D eigenvalue weighted by molar-refractivity contribution is -0.114. The van der Waals surface area contributed by atoms with E-state index in [1.807, 2.05) is 0 Å². The van der Waals surface area contributed by atoms with Crippen molar-refractivity contribution in [3.63, 3.8) is 0 Å². The van der Waals surface area contributed by atoms with E-state index in [9.17, 15) is 13.2 Å². The Morgan fingerprint density at radius 2 is 1.59 bits per heavy atom. The number of methoxy groups -OCH3 is 3. The molecule has 0 unspecified atom stereocenters. The number of benzene rings is 3. The number of nitrogens with zero attached hydrogens (tertiary/aromatic N) is 1. The molecule has 0 aliphatic carbocycles. The average Bonchev–Trinajstić information content (AvgIpc) is 2.90. The Labute approximate surface area is 221 Å². The summed E-state index contributed by atoms with van der Waals surface area (Å²) in [5.41, 5.74) is 0.547. The molecule has 0 aliphatic rings. The van der Waals surface area contributed by atoms with Crippen LogP contribution in [0.15, 0.2) is 78.2 Å². The lowest BCUT2D eigenvalue weighted by Gasteiger charge is -2.26. The van der Waals surface area contributed by atoms with Crippen molar-refractivity contribution in [1.29, 1.82) is 0 Å². The van der Waals surface area contributed by atoms with Gasteiger partial charge in [0.05, 0.1) is 31.9 Å². The Morgan fingerprint density at radius 1 is 0.946 bits per heavy atom. The summed E-state index contributed by atoms with van der Waals surface area (Å²) in [4.78, 5) is 12.9. The Morgan fingerprint density at radius 3 is 2.22 bits per heavy atom. The van der Waals surface area contributed by atoms with Crippen molar-refractivity contribution in [1.82, 2.24) is 0 Å². The van der Waals surface area contributed by atoms with Gasteiger partial charge in [0.2, 0.25) is 5.91 Å². The maximum Gasteiger partial charge on any atom is 0.265 e. The highest BCUT2D eigenvalue weighted by Crippen LogP contribution is 2.37. The molecule has 0 spiro atoms. The minimum atomic E-state index is -4.30. The molecular formula is C26H27ClN2O7S. The molecule has 0 bridgehead atoms. The number of rotatable bonds is 12. The molecule has 0 aromatic heterocycles. The number of hydrogen-bond donors (Lipinski definition) is 1. The number of carbonyl (C=O) groups excluding carboxylic acids is 1. The first-order chi connectivity index (χ1) is 17.7. The highest BCUT2D eigenvalue weighted by atomic mass is 35.5. The van der Waals surface area contributed by atoms with E-state index in [1.54, 1.807) is 36.4 Å². The molecular weight excluding hydrogens is 520 g/mol. The van der Waals surface area contributed by atoms with Crippen LogP contribution in [0.25, 0.3) is 0 Å². The Balaban J connectivity index is 1.98. The van der Waals surface area contributed by atoms with E-state index < -0.39 is 22.5 Å². The summed E-state index contributed by atoms with van der Waals surface area (Å²) < 4.78 is 49.9. The number of nitrogens with one attached hydrogen (secondary N) is 1. The fraction of sp³-hybridized carbons (Fsp3) is 0.192. The van der Waals surface area contributed by atoms with Gasteiger partial charge in [0.1, 0.15) is 24.7 Å². The first-order valence-electron chi connectivity index (χ1n) is 11.0. The SMILES string of the molecule is C=CCOc1ccc(NC(=O)CN(c2cc(Cl)ccc2OC)S(=O)(=O)c2ccc(OC)c(OC)c2)cc1. The molecule has 3 aromatic carbocycles. The first kappa shape index (κ1) is 27.7. The topological polar surface area (TPSA) is 103 Å². The summed E-state index contributed by atoms with van der Waals surface area (Å²) in [6.07, 6.45) is 1.62. The van der Waals surface area contributed by atoms with Gasteiger partial charge in [0, 0.05) is 16.8 Å². The zero-order chi connectivity index (χ0) is 27.0. The number of hydrogen-bond acceptors (Lipinski definition) is 7. The lowest BCUT2D eigenvalue weighted by atomic mass is 10.3. The number of halogens is 1. The molecule has 0 aliphatic heterocycles. The fourth-order valence-corrected chi connectivity index (χ4v) is 4.99. The van der Waals surface area contributed by atoms with Crippen molar-refractivity contribution in [3.8, 4) is 23.0 Å². The molecule has 1 N–H and O–H groups in total. The van der Waals surface area contributed by atoms with E-state index in [2.05, 4.69) is 11.9 Å². The van der Waals surface area contributed by atoms with Gasteiger partial charge in [0.15, 0.2) is 11.5 Å². The van der Waals surface area contributed by atoms with Crippen LogP contribution in [0.4, 0.5) is 11.4 Å². The van der Waals surface area contributed by atoms with Crippen molar-refractivity contribution in [3.05, 3.63) is 78.3 Å². The highest BCUT2D eigenvalue weighted by molar-refractivity contribution is 7.92. The van der Waals surface area contributed by atoms with Crippen LogP contribution in [-0.2, 0) is 14.8 Å². The molecule has 0 fully saturated rings. The zero-order valence-electron chi connectivity index (χ0n) is 20.6. The van der Waals surface area contributed by atoms with Crippen molar-refractivity contribution in [2.45, 2.75) is 4.90 Å². The smallest absolute Gasteiger partial charge is 0.265 e. The van der Waals surface area contributed by atoms with Crippen LogP contribution >= 0.6 is 11.6 Å². The molecule has 37 heavy (non-hydrogen) atoms. The molecule has 196 valence electrons. The van der Waals surface area contributed by atoms with Crippen LogP contribution in [0.3, 0.4) is 0 Å². The third-order valence-corrected chi connectivity index (χ3v) is 7.14. The number of ether oxygens (including phenoxy) is 4. The molecule has 0 saturated carbocycles. The van der Waals surface area contributed by atoms with Gasteiger partial charge in [-0.3, -0.25) is 9.10 Å². The molecule has 1 amide bonds. The monoisotopic (exact) mass is 546 g/mol. The van der Waals surface area contributed by atoms with Crippen molar-refractivity contribution >= 4 is 38.9 Å². The van der Waals surface area contributed by atoms with E-state index in [0.717, 1.165) is 4.31 Å². The third kappa shape index (κ3) is 6.66. The first-order valence-corrected chi connectivity index (χ1v) is 12.8. The van der Waals surface area contributed by atoms with Crippen molar-refractivity contribution in [2.75, 3.05) is 44.1 Å². The Bertz CT molecular complexity index is 1360. The third-order valence-electron chi connectivity index (χ3n) is 5.15. The molecule has 11 heteroatoms. The molecule has 3 rings (SSSR count). The summed E-state index contributed by atoms with van der Waals surface area (Å²) in [5.74, 6) is 0.784. The van der Waals surface area contributed by atoms with Gasteiger partial charge in [-0.1, -0.05) is 24.3 Å². The number of sulfonamides is 1. The van der Waals surface area contributed by atoms with E-state index >= 15 is 0 Å². The van der Waals surface area contributed by atoms with Crippen LogP contribution in [0, 0.1) is 0 Å². The maximum atomic E-state index is 13.8. The second-order valence-corrected chi connectivity index (χ2v) is 9.82. The summed E-state index contributed by atoms with van der Waals surface area (Å²) in [7, 11) is -0.0655. The van der Waals surface area contributed by atoms with Gasteiger partial charge in [-0.2, -0.15) is 0 Å². The van der Waals surface area contributed by atoms with Crippen LogP contribution < -0.4 is 28.6 Å². The van der Waals surface area contributed by atoms with E-state index in [-0.39, 0.29) is 27.1 Å². The number of anilines is 2. The van der Waals surface area contributed by atoms with E-state index in [0.29, 0.717) is 23.8 Å². The molecule has 3 aromatic rings. The van der Waals surface area contributed by atoms with Gasteiger partial charge in [-0.05, 0) is 54.6 Å². The molecule has 0 saturated heterocycles. The molecule has 0 heterocycles. The predicted octanol–water partition coefficient (Wildman–Crippen LogP) is 4.76. The normalized spacial score (nSPS) is 10.8. The van der Waals surface area contributed by atoms with Gasteiger partial charge in [-0.15, -0.1) is 0 Å². The summed E-state index contributed by atoms with van der Waals surface area (Å²) in [6, 6.07) is 15.3. The van der Waals surface area contributed by atoms with Crippen LogP contribution in [0.5, 0.6) is 23.0 Å². The summed E-state index contributed by atoms with van der Waals surface area (Å²) in [6.45, 7) is 3.37. The predicted molar refractivity (Wildman–Crippen MR) is 143 cm³/mol. The Kier molecular flexibility index (Phi) is 9.26. The van der Waals surface area contributed by atoms with Crippen LogP contribution in [0.2, 0.25) is 5.02 Å². The minimum absolute atomic E-state index is 0.0908. The maximum absolute atomic E-state index is 13.8. The van der Waals surface area contributed by atoms with Crippen LogP contribution in [0.1, 0.15) is 0 Å². The molecule has 0 radical (unpaired) electrons. The largest absolute Gasteiger partial charge is 0.495 e. The molecule has 9 nitrogen and oxygen atoms in total. The average molecular weight is 547 g/mol. The zero-order valence-corrected chi connectivity index (χ0v) is 22.1. The standard InChI is InChI=1S/C26H27ClN2O7S/c1-5-14-36-20-9-7-19(8-10-20)28-26(30)17-29(22-15-18(27)6-12-23(22)33-2)37(31,32)21-11-13-24(34-3)25(16-21)35-4/h5-13,15-16H,1,14,17H2,2-4H3,(H,28,30). The van der Waals surface area contributed by atoms with Crippen molar-refractivity contribution < 1.29 is 32.2 Å². The Hall–Kier alpha value is -3.89. The van der Waals surface area contributed by atoms with Gasteiger partial charge >= 0.3 is 0 Å². The number of carbonyl (C=O) groups is 1. The quantitative estimate of drug-likeness (QED) is 0.326. The van der Waals surface area contributed by atoms with Crippen molar-refractivity contribution in [2.24, 2.45) is 0 Å². The second-order valence-electron chi connectivity index (χ2n) is 7.52. The lowest BCUT2D eigenvalue weighted by Crippen LogP contribution is -2.38. The van der Waals surface area contributed by atoms with E-state index in [4.69, 9.17) is 30.5 Å². The summed E-state index contributed by atoms with van der Waals surface area (Å²) in [5, 5.41) is 2.97. The molecule has 0 atom stereocenters. The summed E-state index contributed by atoms with van der Waals surface area (Å²) >= 11 is 6.19. The van der Waals surface area contributed by atoms with Crippen LogP contribution in [-0.4, -0.2) is 48.8 Å². The van der Waals surface area contributed by atoms with E-state index in [1.165, 1.54) is 51.7 Å². The minimum Gasteiger partial charge on any atom is -0.495 e. The van der Waals surface area contributed by atoms with Gasteiger partial charge in [-0.25, -0.2) is 8.42 Å². The number of amides is 1. The highest BCUT2D eigenvalue weighted by Gasteiger charge is 2.30. The van der Waals surface area contributed by atoms with Gasteiger partial charge < -0.3 is 24.3 Å². The second kappa shape index (κ2) is 12.4.